The van der Waals surface area contributed by atoms with Crippen LogP contribution < -0.4 is 20.1 Å². The fraction of sp³-hybridized carbons (Fsp3) is 0.588. The average Bonchev–Trinajstić information content (AvgIpc) is 2.48. The lowest BCUT2D eigenvalue weighted by atomic mass is 10.1. The molecule has 128 valence electrons. The minimum Gasteiger partial charge on any atom is -0.494 e. The summed E-state index contributed by atoms with van der Waals surface area (Å²) in [7, 11) is 1.56. The zero-order valence-corrected chi connectivity index (χ0v) is 14.3. The number of benzene rings is 1. The van der Waals surface area contributed by atoms with Crippen molar-refractivity contribution in [2.75, 3.05) is 25.5 Å². The third kappa shape index (κ3) is 5.63. The number of piperidine rings is 1. The Labute approximate surface area is 137 Å². The van der Waals surface area contributed by atoms with E-state index in [1.54, 1.807) is 19.2 Å². The molecule has 2 rings (SSSR count). The Morgan fingerprint density at radius 1 is 1.35 bits per heavy atom. The molecule has 1 aromatic carbocycles. The lowest BCUT2D eigenvalue weighted by Crippen LogP contribution is -2.37. The molecule has 1 aliphatic heterocycles. The van der Waals surface area contributed by atoms with Crippen LogP contribution in [0.15, 0.2) is 18.2 Å². The number of ether oxygens (including phenoxy) is 3. The van der Waals surface area contributed by atoms with E-state index >= 15 is 0 Å². The summed E-state index contributed by atoms with van der Waals surface area (Å²) in [4.78, 5) is 11.9. The summed E-state index contributed by atoms with van der Waals surface area (Å²) in [6.45, 7) is 7.35. The van der Waals surface area contributed by atoms with Gasteiger partial charge in [0.25, 0.3) is 0 Å². The first-order valence-electron chi connectivity index (χ1n) is 7.93. The van der Waals surface area contributed by atoms with E-state index in [0.717, 1.165) is 31.7 Å². The maximum atomic E-state index is 11.9. The number of carbonyl (C=O) groups is 1. The van der Waals surface area contributed by atoms with E-state index in [1.165, 1.54) is 0 Å². The molecule has 0 saturated carbocycles. The number of carbonyl (C=O) groups excluding carboxylic acids is 1. The van der Waals surface area contributed by atoms with Crippen molar-refractivity contribution in [1.82, 2.24) is 5.32 Å². The van der Waals surface area contributed by atoms with Crippen molar-refractivity contribution >= 4 is 11.8 Å². The summed E-state index contributed by atoms with van der Waals surface area (Å²) in [5.41, 5.74) is 0.00446. The van der Waals surface area contributed by atoms with Crippen LogP contribution in [0.5, 0.6) is 11.5 Å². The number of rotatable bonds is 4. The Bertz CT molecular complexity index is 534. The highest BCUT2D eigenvalue weighted by Gasteiger charge is 2.19. The van der Waals surface area contributed by atoms with Crippen molar-refractivity contribution in [3.63, 3.8) is 0 Å². The largest absolute Gasteiger partial charge is 0.494 e. The lowest BCUT2D eigenvalue weighted by Gasteiger charge is -2.24. The number of methoxy groups -OCH3 is 1. The Balaban J connectivity index is 2.02. The van der Waals surface area contributed by atoms with Crippen molar-refractivity contribution < 1.29 is 19.0 Å². The minimum atomic E-state index is -0.547. The number of hydrogen-bond acceptors (Lipinski definition) is 5. The molecule has 1 atom stereocenters. The molecule has 1 heterocycles. The Morgan fingerprint density at radius 3 is 2.74 bits per heavy atom. The number of hydrogen-bond donors (Lipinski definition) is 2. The van der Waals surface area contributed by atoms with Crippen LogP contribution in [-0.4, -0.2) is 38.0 Å². The summed E-state index contributed by atoms with van der Waals surface area (Å²) in [6.07, 6.45) is 1.80. The summed E-state index contributed by atoms with van der Waals surface area (Å²) in [6, 6.07) is 5.36. The maximum Gasteiger partial charge on any atom is 0.412 e. The molecule has 0 bridgehead atoms. The normalized spacial score (nSPS) is 18.2. The first-order chi connectivity index (χ1) is 10.9. The van der Waals surface area contributed by atoms with Crippen LogP contribution in [0.1, 0.15) is 33.6 Å². The SMILES string of the molecule is COc1cc(OC2CCCNC2)ccc1NC(=O)OC(C)(C)C. The van der Waals surface area contributed by atoms with E-state index in [9.17, 15) is 4.79 Å². The van der Waals surface area contributed by atoms with Gasteiger partial charge in [-0.3, -0.25) is 5.32 Å². The molecule has 0 aliphatic carbocycles. The molecule has 1 unspecified atom stereocenters. The first-order valence-corrected chi connectivity index (χ1v) is 7.93. The monoisotopic (exact) mass is 322 g/mol. The Morgan fingerprint density at radius 2 is 2.13 bits per heavy atom. The molecular weight excluding hydrogens is 296 g/mol. The van der Waals surface area contributed by atoms with Crippen LogP contribution in [0.3, 0.4) is 0 Å². The highest BCUT2D eigenvalue weighted by atomic mass is 16.6. The van der Waals surface area contributed by atoms with Crippen LogP contribution in [-0.2, 0) is 4.74 Å². The lowest BCUT2D eigenvalue weighted by molar-refractivity contribution is 0.0635. The predicted octanol–water partition coefficient (Wildman–Crippen LogP) is 3.17. The maximum absolute atomic E-state index is 11.9. The van der Waals surface area contributed by atoms with Gasteiger partial charge in [0.15, 0.2) is 0 Å². The van der Waals surface area contributed by atoms with E-state index in [2.05, 4.69) is 10.6 Å². The third-order valence-corrected chi connectivity index (χ3v) is 3.36. The molecule has 0 aromatic heterocycles. The second-order valence-electron chi connectivity index (χ2n) is 6.58. The first kappa shape index (κ1) is 17.4. The molecule has 0 radical (unpaired) electrons. The van der Waals surface area contributed by atoms with Crippen LogP contribution in [0, 0.1) is 0 Å². The molecule has 1 aromatic rings. The van der Waals surface area contributed by atoms with Gasteiger partial charge < -0.3 is 19.5 Å². The molecule has 6 heteroatoms. The van der Waals surface area contributed by atoms with Gasteiger partial charge >= 0.3 is 6.09 Å². The van der Waals surface area contributed by atoms with Crippen molar-refractivity contribution in [3.8, 4) is 11.5 Å². The van der Waals surface area contributed by atoms with E-state index in [1.807, 2.05) is 26.8 Å². The molecule has 1 aliphatic rings. The summed E-state index contributed by atoms with van der Waals surface area (Å²) in [5, 5.41) is 6.01. The Kier molecular flexibility index (Phi) is 5.71. The zero-order chi connectivity index (χ0) is 16.9. The van der Waals surface area contributed by atoms with Crippen LogP contribution in [0.2, 0.25) is 0 Å². The highest BCUT2D eigenvalue weighted by molar-refractivity contribution is 5.87. The van der Waals surface area contributed by atoms with E-state index < -0.39 is 11.7 Å². The summed E-state index contributed by atoms with van der Waals surface area (Å²) in [5.74, 6) is 1.27. The molecule has 23 heavy (non-hydrogen) atoms. The van der Waals surface area contributed by atoms with Gasteiger partial charge in [-0.1, -0.05) is 0 Å². The number of amides is 1. The van der Waals surface area contributed by atoms with Crippen LogP contribution >= 0.6 is 0 Å². The van der Waals surface area contributed by atoms with Crippen molar-refractivity contribution in [3.05, 3.63) is 18.2 Å². The van der Waals surface area contributed by atoms with Crippen LogP contribution in [0.4, 0.5) is 10.5 Å². The average molecular weight is 322 g/mol. The van der Waals surface area contributed by atoms with Crippen molar-refractivity contribution in [2.45, 2.75) is 45.3 Å². The molecular formula is C17H26N2O4. The van der Waals surface area contributed by atoms with Gasteiger partial charge in [0, 0.05) is 12.6 Å². The quantitative estimate of drug-likeness (QED) is 0.891. The van der Waals surface area contributed by atoms with Gasteiger partial charge in [0.2, 0.25) is 0 Å². The van der Waals surface area contributed by atoms with Gasteiger partial charge in [-0.2, -0.15) is 0 Å². The third-order valence-electron chi connectivity index (χ3n) is 3.36. The van der Waals surface area contributed by atoms with Crippen molar-refractivity contribution in [1.29, 1.82) is 0 Å². The molecule has 1 fully saturated rings. The molecule has 6 nitrogen and oxygen atoms in total. The van der Waals surface area contributed by atoms with Gasteiger partial charge in [-0.05, 0) is 52.3 Å². The fourth-order valence-electron chi connectivity index (χ4n) is 2.37. The standard InChI is InChI=1S/C17H26N2O4/c1-17(2,3)23-16(20)19-14-8-7-12(10-15(14)21-4)22-13-6-5-9-18-11-13/h7-8,10,13,18H,5-6,9,11H2,1-4H3,(H,19,20). The topological polar surface area (TPSA) is 68.8 Å². The smallest absolute Gasteiger partial charge is 0.412 e. The van der Waals surface area contributed by atoms with E-state index in [-0.39, 0.29) is 6.10 Å². The minimum absolute atomic E-state index is 0.165. The molecule has 0 spiro atoms. The second-order valence-corrected chi connectivity index (χ2v) is 6.58. The fourth-order valence-corrected chi connectivity index (χ4v) is 2.37. The number of nitrogens with one attached hydrogen (secondary N) is 2. The Hall–Kier alpha value is -1.95. The van der Waals surface area contributed by atoms with E-state index in [4.69, 9.17) is 14.2 Å². The zero-order valence-electron chi connectivity index (χ0n) is 14.3. The van der Waals surface area contributed by atoms with E-state index in [0.29, 0.717) is 11.4 Å². The summed E-state index contributed by atoms with van der Waals surface area (Å²) >= 11 is 0. The molecule has 1 saturated heterocycles. The van der Waals surface area contributed by atoms with Crippen LogP contribution in [0.25, 0.3) is 0 Å². The predicted molar refractivity (Wildman–Crippen MR) is 89.4 cm³/mol. The van der Waals surface area contributed by atoms with Gasteiger partial charge in [-0.15, -0.1) is 0 Å². The van der Waals surface area contributed by atoms with Crippen molar-refractivity contribution in [2.24, 2.45) is 0 Å². The highest BCUT2D eigenvalue weighted by Crippen LogP contribution is 2.30. The second kappa shape index (κ2) is 7.55. The van der Waals surface area contributed by atoms with Gasteiger partial charge in [-0.25, -0.2) is 4.79 Å². The van der Waals surface area contributed by atoms with Gasteiger partial charge in [0.05, 0.1) is 12.8 Å². The van der Waals surface area contributed by atoms with Gasteiger partial charge in [0.1, 0.15) is 23.2 Å². The summed E-state index contributed by atoms with van der Waals surface area (Å²) < 4.78 is 16.5. The molecule has 1 amide bonds. The molecule has 2 N–H and O–H groups in total. The number of anilines is 1.